The lowest BCUT2D eigenvalue weighted by molar-refractivity contribution is 0.0507. The van der Waals surface area contributed by atoms with Crippen molar-refractivity contribution >= 4 is 23.4 Å². The quantitative estimate of drug-likeness (QED) is 0.593. The SMILES string of the molecule is Cc1cc(C)nc(Oc2cccc(NC(=O)c3ccc4c(c3)C(=O)N(C(C)(C)C)C4=O)c2)n1. The molecule has 8 nitrogen and oxygen atoms in total. The first-order valence-corrected chi connectivity index (χ1v) is 10.5. The van der Waals surface area contributed by atoms with Crippen LogP contribution in [0.3, 0.4) is 0 Å². The molecule has 8 heteroatoms. The predicted octanol–water partition coefficient (Wildman–Crippen LogP) is 4.53. The van der Waals surface area contributed by atoms with Gasteiger partial charge in [-0.3, -0.25) is 19.3 Å². The number of nitrogens with one attached hydrogen (secondary N) is 1. The van der Waals surface area contributed by atoms with Gasteiger partial charge in [-0.15, -0.1) is 0 Å². The van der Waals surface area contributed by atoms with Gasteiger partial charge in [0, 0.05) is 34.2 Å². The number of aromatic nitrogens is 2. The minimum atomic E-state index is -0.657. The number of hydrogen-bond acceptors (Lipinski definition) is 6. The van der Waals surface area contributed by atoms with Crippen LogP contribution in [0.15, 0.2) is 48.5 Å². The van der Waals surface area contributed by atoms with Gasteiger partial charge in [-0.25, -0.2) is 9.97 Å². The maximum Gasteiger partial charge on any atom is 0.322 e. The molecule has 2 aromatic carbocycles. The minimum Gasteiger partial charge on any atom is -0.424 e. The van der Waals surface area contributed by atoms with E-state index in [9.17, 15) is 14.4 Å². The normalized spacial score (nSPS) is 13.2. The van der Waals surface area contributed by atoms with Gasteiger partial charge < -0.3 is 10.1 Å². The molecule has 0 atom stereocenters. The predicted molar refractivity (Wildman–Crippen MR) is 123 cm³/mol. The number of rotatable bonds is 4. The molecule has 3 amide bonds. The molecule has 1 aliphatic rings. The van der Waals surface area contributed by atoms with E-state index < -0.39 is 17.4 Å². The lowest BCUT2D eigenvalue weighted by Crippen LogP contribution is -2.45. The van der Waals surface area contributed by atoms with E-state index in [1.165, 1.54) is 23.1 Å². The second kappa shape index (κ2) is 8.12. The van der Waals surface area contributed by atoms with Gasteiger partial charge in [0.25, 0.3) is 17.7 Å². The summed E-state index contributed by atoms with van der Waals surface area (Å²) in [6.45, 7) is 9.09. The first-order chi connectivity index (χ1) is 15.5. The molecule has 0 fully saturated rings. The van der Waals surface area contributed by atoms with E-state index in [1.54, 1.807) is 45.0 Å². The number of amides is 3. The third-order valence-electron chi connectivity index (χ3n) is 5.08. The lowest BCUT2D eigenvalue weighted by Gasteiger charge is -2.29. The molecule has 168 valence electrons. The first kappa shape index (κ1) is 22.1. The van der Waals surface area contributed by atoms with Crippen LogP contribution in [-0.2, 0) is 0 Å². The second-order valence-electron chi connectivity index (χ2n) is 8.89. The van der Waals surface area contributed by atoms with Crippen molar-refractivity contribution in [3.63, 3.8) is 0 Å². The molecule has 2 heterocycles. The molecule has 0 saturated carbocycles. The summed E-state index contributed by atoms with van der Waals surface area (Å²) in [5.74, 6) is -0.700. The molecule has 0 aliphatic carbocycles. The largest absolute Gasteiger partial charge is 0.424 e. The number of carbonyl (C=O) groups excluding carboxylic acids is 3. The van der Waals surface area contributed by atoms with Crippen LogP contribution in [0.4, 0.5) is 5.69 Å². The van der Waals surface area contributed by atoms with Crippen LogP contribution in [0, 0.1) is 13.8 Å². The zero-order valence-corrected chi connectivity index (χ0v) is 19.1. The van der Waals surface area contributed by atoms with Crippen LogP contribution in [0.25, 0.3) is 0 Å². The second-order valence-corrected chi connectivity index (χ2v) is 8.89. The molecular formula is C25H24N4O4. The fraction of sp³-hybridized carbons (Fsp3) is 0.240. The smallest absolute Gasteiger partial charge is 0.322 e. The molecule has 3 aromatic rings. The zero-order chi connectivity index (χ0) is 23.9. The number of imide groups is 1. The molecule has 0 bridgehead atoms. The summed E-state index contributed by atoms with van der Waals surface area (Å²) in [6, 6.07) is 13.4. The average Bonchev–Trinajstić information content (AvgIpc) is 2.97. The standard InChI is InChI=1S/C25H24N4O4/c1-14-11-15(2)27-24(26-14)33-18-8-6-7-17(13-18)28-21(30)16-9-10-19-20(12-16)23(32)29(22(19)31)25(3,4)5/h6-13H,1-5H3,(H,28,30). The van der Waals surface area contributed by atoms with Crippen LogP contribution in [-0.4, -0.2) is 38.1 Å². The van der Waals surface area contributed by atoms with Crippen LogP contribution < -0.4 is 10.1 Å². The van der Waals surface area contributed by atoms with Crippen LogP contribution in [0.1, 0.15) is 63.2 Å². The van der Waals surface area contributed by atoms with Gasteiger partial charge in [-0.1, -0.05) is 6.07 Å². The molecule has 0 unspecified atom stereocenters. The number of carbonyl (C=O) groups is 3. The van der Waals surface area contributed by atoms with E-state index in [4.69, 9.17) is 4.74 Å². The number of nitrogens with zero attached hydrogens (tertiary/aromatic N) is 3. The third kappa shape index (κ3) is 4.45. The topological polar surface area (TPSA) is 101 Å². The van der Waals surface area contributed by atoms with E-state index in [0.717, 1.165) is 11.4 Å². The lowest BCUT2D eigenvalue weighted by atomic mass is 10.1. The Labute approximate surface area is 191 Å². The highest BCUT2D eigenvalue weighted by Gasteiger charge is 2.42. The van der Waals surface area contributed by atoms with Crippen molar-refractivity contribution in [1.82, 2.24) is 14.9 Å². The van der Waals surface area contributed by atoms with Crippen molar-refractivity contribution in [3.05, 3.63) is 76.6 Å². The molecule has 0 saturated heterocycles. The first-order valence-electron chi connectivity index (χ1n) is 10.5. The van der Waals surface area contributed by atoms with Crippen molar-refractivity contribution in [2.75, 3.05) is 5.32 Å². The van der Waals surface area contributed by atoms with Crippen molar-refractivity contribution in [1.29, 1.82) is 0 Å². The number of benzene rings is 2. The van der Waals surface area contributed by atoms with Crippen molar-refractivity contribution < 1.29 is 19.1 Å². The number of ether oxygens (including phenoxy) is 1. The van der Waals surface area contributed by atoms with E-state index in [0.29, 0.717) is 17.0 Å². The molecule has 1 aromatic heterocycles. The average molecular weight is 444 g/mol. The Balaban J connectivity index is 1.53. The molecule has 4 rings (SSSR count). The van der Waals surface area contributed by atoms with Crippen molar-refractivity contribution in [2.24, 2.45) is 0 Å². The summed E-state index contributed by atoms with van der Waals surface area (Å²) >= 11 is 0. The highest BCUT2D eigenvalue weighted by molar-refractivity contribution is 6.22. The monoisotopic (exact) mass is 444 g/mol. The van der Waals surface area contributed by atoms with Gasteiger partial charge in [0.1, 0.15) is 5.75 Å². The van der Waals surface area contributed by atoms with Gasteiger partial charge >= 0.3 is 6.01 Å². The number of aryl methyl sites for hydroxylation is 2. The fourth-order valence-electron chi connectivity index (χ4n) is 3.68. The Bertz CT molecular complexity index is 1270. The summed E-state index contributed by atoms with van der Waals surface area (Å²) < 4.78 is 5.74. The highest BCUT2D eigenvalue weighted by Crippen LogP contribution is 2.30. The maximum absolute atomic E-state index is 12.9. The van der Waals surface area contributed by atoms with Crippen molar-refractivity contribution in [3.8, 4) is 11.8 Å². The highest BCUT2D eigenvalue weighted by atomic mass is 16.5. The van der Waals surface area contributed by atoms with E-state index in [-0.39, 0.29) is 23.0 Å². The Morgan fingerprint density at radius 2 is 1.58 bits per heavy atom. The molecule has 0 radical (unpaired) electrons. The Hall–Kier alpha value is -4.07. The van der Waals surface area contributed by atoms with Gasteiger partial charge in [-0.05, 0) is 71.0 Å². The van der Waals surface area contributed by atoms with Crippen LogP contribution in [0.2, 0.25) is 0 Å². The fourth-order valence-corrected chi connectivity index (χ4v) is 3.68. The van der Waals surface area contributed by atoms with E-state index in [2.05, 4.69) is 15.3 Å². The minimum absolute atomic E-state index is 0.223. The summed E-state index contributed by atoms with van der Waals surface area (Å²) in [7, 11) is 0. The summed E-state index contributed by atoms with van der Waals surface area (Å²) in [6.07, 6.45) is 0. The van der Waals surface area contributed by atoms with Crippen molar-refractivity contribution in [2.45, 2.75) is 40.2 Å². The maximum atomic E-state index is 12.9. The Kier molecular flexibility index (Phi) is 5.45. The van der Waals surface area contributed by atoms with Gasteiger partial charge in [0.05, 0.1) is 11.1 Å². The Morgan fingerprint density at radius 3 is 2.24 bits per heavy atom. The third-order valence-corrected chi connectivity index (χ3v) is 5.08. The molecule has 0 spiro atoms. The number of hydrogen-bond donors (Lipinski definition) is 1. The molecular weight excluding hydrogens is 420 g/mol. The van der Waals surface area contributed by atoms with E-state index >= 15 is 0 Å². The Morgan fingerprint density at radius 1 is 0.909 bits per heavy atom. The van der Waals surface area contributed by atoms with Crippen LogP contribution >= 0.6 is 0 Å². The summed E-state index contributed by atoms with van der Waals surface area (Å²) in [5.41, 5.74) is 2.22. The summed E-state index contributed by atoms with van der Waals surface area (Å²) in [5, 5.41) is 2.80. The molecule has 33 heavy (non-hydrogen) atoms. The summed E-state index contributed by atoms with van der Waals surface area (Å²) in [4.78, 5) is 48.0. The van der Waals surface area contributed by atoms with Gasteiger partial charge in [-0.2, -0.15) is 0 Å². The van der Waals surface area contributed by atoms with E-state index in [1.807, 2.05) is 19.9 Å². The number of anilines is 1. The molecule has 1 aliphatic heterocycles. The van der Waals surface area contributed by atoms with Crippen LogP contribution in [0.5, 0.6) is 11.8 Å². The van der Waals surface area contributed by atoms with Gasteiger partial charge in [0.2, 0.25) is 0 Å². The van der Waals surface area contributed by atoms with Gasteiger partial charge in [0.15, 0.2) is 0 Å². The molecule has 1 N–H and O–H groups in total. The number of fused-ring (bicyclic) bond motifs is 1. The zero-order valence-electron chi connectivity index (χ0n) is 19.1.